The quantitative estimate of drug-likeness (QED) is 0.0908. The fraction of sp³-hybridized carbons (Fsp3) is 0.525. The fourth-order valence-electron chi connectivity index (χ4n) is 10.1. The number of carbonyl (C=O) groups is 4. The van der Waals surface area contributed by atoms with Gasteiger partial charge >= 0.3 is 12.4 Å². The van der Waals surface area contributed by atoms with E-state index < -0.39 is 140 Å². The molecule has 0 spiro atoms. The molecule has 0 unspecified atom stereocenters. The van der Waals surface area contributed by atoms with Crippen molar-refractivity contribution in [2.75, 3.05) is 24.6 Å². The molecule has 0 radical (unpaired) electrons. The first-order valence-corrected chi connectivity index (χ1v) is 31.8. The number of amides is 4. The van der Waals surface area contributed by atoms with Gasteiger partial charge in [-0.2, -0.15) is 26.3 Å². The highest BCUT2D eigenvalue weighted by Gasteiger charge is 2.54. The molecule has 4 aliphatic rings. The number of nitrogens with zero attached hydrogens (tertiary/aromatic N) is 2. The van der Waals surface area contributed by atoms with Gasteiger partial charge in [-0.05, 0) is 150 Å². The number of hydrogen-bond donors (Lipinski definition) is 2. The summed E-state index contributed by atoms with van der Waals surface area (Å²) in [6.07, 6.45) is -12.7. The molecule has 14 nitrogen and oxygen atoms in total. The summed E-state index contributed by atoms with van der Waals surface area (Å²) in [7, 11) is -7.45. The maximum absolute atomic E-state index is 14.2. The Morgan fingerprint density at radius 2 is 0.847 bits per heavy atom. The van der Waals surface area contributed by atoms with Crippen LogP contribution >= 0.6 is 46.4 Å². The predicted molar refractivity (Wildman–Crippen MR) is 314 cm³/mol. The minimum absolute atomic E-state index is 0. The van der Waals surface area contributed by atoms with E-state index in [0.717, 1.165) is 0 Å². The van der Waals surface area contributed by atoms with E-state index in [1.165, 1.54) is 9.80 Å². The third kappa shape index (κ3) is 18.2. The lowest BCUT2D eigenvalue weighted by molar-refractivity contribution is -0.181. The second kappa shape index (κ2) is 27.4. The zero-order valence-electron chi connectivity index (χ0n) is 46.7. The Bertz CT molecular complexity index is 3030. The van der Waals surface area contributed by atoms with Gasteiger partial charge in [-0.3, -0.25) is 19.2 Å². The van der Waals surface area contributed by atoms with Gasteiger partial charge in [0.05, 0.1) is 45.9 Å². The molecule has 26 heteroatoms. The van der Waals surface area contributed by atoms with Gasteiger partial charge in [0.1, 0.15) is 37.5 Å². The summed E-state index contributed by atoms with van der Waals surface area (Å²) in [6, 6.07) is 23.6. The molecule has 4 fully saturated rings. The van der Waals surface area contributed by atoms with Crippen LogP contribution in [0.1, 0.15) is 134 Å². The molecular weight excluding hydrogens is 1240 g/mol. The average Bonchev–Trinajstić information content (AvgIpc) is 1.98. The van der Waals surface area contributed by atoms with E-state index in [-0.39, 0.29) is 30.8 Å². The van der Waals surface area contributed by atoms with Gasteiger partial charge in [0.15, 0.2) is 19.7 Å². The van der Waals surface area contributed by atoms with Crippen LogP contribution in [0.2, 0.25) is 20.1 Å². The van der Waals surface area contributed by atoms with Crippen LogP contribution in [-0.4, -0.2) is 121 Å². The van der Waals surface area contributed by atoms with Gasteiger partial charge < -0.3 is 29.9 Å². The molecular formula is C59H70Cl4F6N4O10S2. The van der Waals surface area contributed by atoms with Gasteiger partial charge in [-0.1, -0.05) is 102 Å². The molecule has 8 atom stereocenters. The number of alkyl halides is 6. The molecule has 4 amide bonds. The second-order valence-corrected chi connectivity index (χ2v) is 30.8. The Balaban J connectivity index is 0.000000269. The van der Waals surface area contributed by atoms with Gasteiger partial charge in [0.2, 0.25) is 11.8 Å². The highest BCUT2D eigenvalue weighted by molar-refractivity contribution is 7.93. The maximum atomic E-state index is 14.2. The molecule has 2 saturated carbocycles. The van der Waals surface area contributed by atoms with Crippen LogP contribution in [0.25, 0.3) is 0 Å². The van der Waals surface area contributed by atoms with Crippen molar-refractivity contribution in [3.8, 4) is 0 Å². The van der Waals surface area contributed by atoms with Crippen molar-refractivity contribution in [1.82, 2.24) is 20.4 Å². The van der Waals surface area contributed by atoms with Crippen molar-refractivity contribution >= 4 is 89.7 Å². The molecule has 2 N–H and O–H groups in total. The molecule has 2 aliphatic carbocycles. The van der Waals surface area contributed by atoms with Crippen LogP contribution < -0.4 is 10.6 Å². The molecule has 0 aromatic heterocycles. The van der Waals surface area contributed by atoms with E-state index in [9.17, 15) is 62.4 Å². The van der Waals surface area contributed by atoms with Crippen molar-refractivity contribution in [2.45, 2.75) is 158 Å². The third-order valence-electron chi connectivity index (χ3n) is 15.0. The number of sulfone groups is 2. The minimum atomic E-state index is -4.64. The highest BCUT2D eigenvalue weighted by Crippen LogP contribution is 2.51. The number of carbonyl (C=O) groups excluding carboxylic acids is 4. The van der Waals surface area contributed by atoms with Crippen LogP contribution in [0.3, 0.4) is 0 Å². The van der Waals surface area contributed by atoms with E-state index in [1.807, 2.05) is 0 Å². The second-order valence-electron chi connectivity index (χ2n) is 23.5. The molecule has 2 aliphatic heterocycles. The number of rotatable bonds is 18. The molecule has 4 aromatic carbocycles. The summed E-state index contributed by atoms with van der Waals surface area (Å²) in [4.78, 5) is 56.6. The lowest BCUT2D eigenvalue weighted by Gasteiger charge is -2.48. The Hall–Kier alpha value is -4.68. The molecule has 2 saturated heterocycles. The number of hydrogen-bond acceptors (Lipinski definition) is 10. The predicted octanol–water partition coefficient (Wildman–Crippen LogP) is 12.8. The van der Waals surface area contributed by atoms with Crippen molar-refractivity contribution in [3.63, 3.8) is 0 Å². The highest BCUT2D eigenvalue weighted by atomic mass is 35.5. The average molecular weight is 1320 g/mol. The zero-order chi connectivity index (χ0) is 62.1. The number of benzene rings is 4. The number of ether oxygens (including phenoxy) is 2. The van der Waals surface area contributed by atoms with Crippen LogP contribution in [0.15, 0.2) is 97.1 Å². The molecule has 0 bridgehead atoms. The minimum Gasteiger partial charge on any atom is -0.357 e. The smallest absolute Gasteiger partial charge is 0.357 e. The Kier molecular flexibility index (Phi) is 22.4. The molecule has 8 rings (SSSR count). The van der Waals surface area contributed by atoms with Gasteiger partial charge in [-0.15, -0.1) is 0 Å². The Morgan fingerprint density at radius 3 is 1.12 bits per heavy atom. The summed E-state index contributed by atoms with van der Waals surface area (Å²) in [5.41, 5.74) is 2.32. The Morgan fingerprint density at radius 1 is 0.529 bits per heavy atom. The van der Waals surface area contributed by atoms with E-state index in [1.54, 1.807) is 149 Å². The van der Waals surface area contributed by atoms with E-state index in [2.05, 4.69) is 0 Å². The normalized spacial score (nSPS) is 22.4. The van der Waals surface area contributed by atoms with E-state index in [0.29, 0.717) is 68.0 Å². The van der Waals surface area contributed by atoms with Crippen molar-refractivity contribution in [1.29, 1.82) is 0 Å². The van der Waals surface area contributed by atoms with Crippen molar-refractivity contribution < 1.29 is 71.8 Å². The fourth-order valence-corrected chi connectivity index (χ4v) is 13.5. The zero-order valence-corrected chi connectivity index (χ0v) is 51.3. The van der Waals surface area contributed by atoms with Crippen molar-refractivity contribution in [3.05, 3.63) is 139 Å². The third-order valence-corrected chi connectivity index (χ3v) is 21.3. The maximum Gasteiger partial charge on any atom is 0.405 e. The van der Waals surface area contributed by atoms with Crippen LogP contribution in [-0.2, 0) is 48.3 Å². The molecule has 468 valence electrons. The largest absolute Gasteiger partial charge is 0.405 e. The molecule has 4 aromatic rings. The topological polar surface area (TPSA) is 186 Å². The SMILES string of the molecule is C.CC(C)(C)S(=O)(=O)C[C@H](C1CC1)N1C(=O)[C@@H](CC(=O)NCC(F)(F)F)O[C@H](c2cccc(Cl)c2)[C@H]1c1ccc(Cl)cc1.CC(C)(C)S(=O)(=O)C[C@H](C1CC1)N1C(=O)[C@H](CC(=O)NCC(F)(F)F)O[C@H](c2cccc(Cl)c2)[C@H]1c1ccc(Cl)cc1. The first-order chi connectivity index (χ1) is 38.9. The van der Waals surface area contributed by atoms with Gasteiger partial charge in [0, 0.05) is 32.2 Å². The lowest BCUT2D eigenvalue weighted by atomic mass is 9.89. The molecule has 2 heterocycles. The summed E-state index contributed by atoms with van der Waals surface area (Å²) in [5.74, 6) is -4.29. The summed E-state index contributed by atoms with van der Waals surface area (Å²) in [5, 5.41) is 5.23. The van der Waals surface area contributed by atoms with Gasteiger partial charge in [-0.25, -0.2) is 16.8 Å². The summed E-state index contributed by atoms with van der Waals surface area (Å²) in [6.45, 7) is 6.42. The number of nitrogens with one attached hydrogen (secondary N) is 2. The lowest BCUT2D eigenvalue weighted by Crippen LogP contribution is -2.58. The first-order valence-electron chi connectivity index (χ1n) is 27.0. The Labute approximate surface area is 512 Å². The molecule has 85 heavy (non-hydrogen) atoms. The standard InChI is InChI=1S/2C29H33Cl2F3N2O5S.CH4/c2*1-28(2,3)42(39,40)15-22(17-7-8-17)36-25(18-9-11-20(30)12-10-18)26(19-5-4-6-21(31)13-19)41-23(27(36)38)14-24(37)35-16-29(32,33)34;/h2*4-6,9-13,17,22-23,25-26H,7-8,14-16H2,1-3H3,(H,35,37);1H4/t22-,23+,25-,26-;22-,23-,25-,26-;/m11./s1. The first kappa shape index (κ1) is 69.4. The summed E-state index contributed by atoms with van der Waals surface area (Å²) < 4.78 is 141. The van der Waals surface area contributed by atoms with Crippen LogP contribution in [0.5, 0.6) is 0 Å². The van der Waals surface area contributed by atoms with Gasteiger partial charge in [0.25, 0.3) is 11.8 Å². The van der Waals surface area contributed by atoms with E-state index >= 15 is 0 Å². The van der Waals surface area contributed by atoms with Crippen LogP contribution in [0.4, 0.5) is 26.3 Å². The summed E-state index contributed by atoms with van der Waals surface area (Å²) >= 11 is 24.9. The van der Waals surface area contributed by atoms with E-state index in [4.69, 9.17) is 55.9 Å². The number of halogens is 10. The number of morpholine rings is 2. The van der Waals surface area contributed by atoms with Crippen molar-refractivity contribution in [2.24, 2.45) is 11.8 Å². The monoisotopic (exact) mass is 1310 g/mol. The van der Waals surface area contributed by atoms with Crippen LogP contribution in [0, 0.1) is 11.8 Å².